The van der Waals surface area contributed by atoms with Gasteiger partial charge in [-0.05, 0) is 42.7 Å². The van der Waals surface area contributed by atoms with Crippen molar-refractivity contribution in [2.24, 2.45) is 0 Å². The third-order valence-electron chi connectivity index (χ3n) is 5.31. The number of carbonyl (C=O) groups excluding carboxylic acids is 1. The Balaban J connectivity index is 1.30. The summed E-state index contributed by atoms with van der Waals surface area (Å²) in [4.78, 5) is 16.5. The molecule has 2 aliphatic rings. The van der Waals surface area contributed by atoms with Gasteiger partial charge in [-0.1, -0.05) is 12.1 Å². The molecule has 1 saturated carbocycles. The molecule has 0 radical (unpaired) electrons. The lowest BCUT2D eigenvalue weighted by Gasteiger charge is -2.25. The molecule has 1 saturated heterocycles. The zero-order valence-electron chi connectivity index (χ0n) is 14.7. The van der Waals surface area contributed by atoms with E-state index in [4.69, 9.17) is 0 Å². The van der Waals surface area contributed by atoms with Crippen molar-refractivity contribution in [3.8, 4) is 0 Å². The SMILES string of the molecule is CN(C(=O)N[C@@H]1C[C@H]1c1ccc(F)cc1)[C@H]1CCN(c2cccnn2)C1. The molecule has 2 aromatic rings. The highest BCUT2D eigenvalue weighted by molar-refractivity contribution is 5.75. The molecule has 2 fully saturated rings. The van der Waals surface area contributed by atoms with Crippen LogP contribution in [-0.4, -0.2) is 53.3 Å². The van der Waals surface area contributed by atoms with E-state index in [9.17, 15) is 9.18 Å². The van der Waals surface area contributed by atoms with Crippen LogP contribution in [0.4, 0.5) is 15.0 Å². The average Bonchev–Trinajstić information content (AvgIpc) is 3.25. The fourth-order valence-corrected chi connectivity index (χ4v) is 3.59. The van der Waals surface area contributed by atoms with Crippen molar-refractivity contribution in [1.82, 2.24) is 20.4 Å². The summed E-state index contributed by atoms with van der Waals surface area (Å²) in [5, 5.41) is 11.1. The lowest BCUT2D eigenvalue weighted by Crippen LogP contribution is -2.45. The number of likely N-dealkylation sites (N-methyl/N-ethyl adjacent to an activating group) is 1. The Morgan fingerprint density at radius 3 is 2.85 bits per heavy atom. The van der Waals surface area contributed by atoms with Crippen LogP contribution in [0.1, 0.15) is 24.3 Å². The molecule has 7 heteroatoms. The number of aromatic nitrogens is 2. The van der Waals surface area contributed by atoms with Crippen LogP contribution in [0.5, 0.6) is 0 Å². The molecule has 0 spiro atoms. The van der Waals surface area contributed by atoms with Crippen LogP contribution in [0.2, 0.25) is 0 Å². The van der Waals surface area contributed by atoms with Crippen molar-refractivity contribution in [3.05, 3.63) is 54.0 Å². The summed E-state index contributed by atoms with van der Waals surface area (Å²) in [6, 6.07) is 10.6. The molecule has 0 unspecified atom stereocenters. The Bertz CT molecular complexity index is 769. The number of halogens is 1. The average molecular weight is 355 g/mol. The Morgan fingerprint density at radius 2 is 2.12 bits per heavy atom. The molecule has 0 bridgehead atoms. The zero-order chi connectivity index (χ0) is 18.1. The molecular weight excluding hydrogens is 333 g/mol. The van der Waals surface area contributed by atoms with Gasteiger partial charge < -0.3 is 15.1 Å². The van der Waals surface area contributed by atoms with Crippen molar-refractivity contribution in [2.45, 2.75) is 30.8 Å². The fraction of sp³-hybridized carbons (Fsp3) is 0.421. The summed E-state index contributed by atoms with van der Waals surface area (Å²) in [6.45, 7) is 1.62. The number of nitrogens with zero attached hydrogens (tertiary/aromatic N) is 4. The second-order valence-electron chi connectivity index (χ2n) is 7.03. The smallest absolute Gasteiger partial charge is 0.317 e. The van der Waals surface area contributed by atoms with Crippen LogP contribution < -0.4 is 10.2 Å². The van der Waals surface area contributed by atoms with Crippen molar-refractivity contribution in [3.63, 3.8) is 0 Å². The number of nitrogens with one attached hydrogen (secondary N) is 1. The van der Waals surface area contributed by atoms with Crippen LogP contribution in [0, 0.1) is 5.82 Å². The monoisotopic (exact) mass is 355 g/mol. The van der Waals surface area contributed by atoms with E-state index in [-0.39, 0.29) is 29.8 Å². The van der Waals surface area contributed by atoms with E-state index in [1.807, 2.05) is 19.2 Å². The lowest BCUT2D eigenvalue weighted by molar-refractivity contribution is 0.193. The predicted molar refractivity (Wildman–Crippen MR) is 96.5 cm³/mol. The van der Waals surface area contributed by atoms with Crippen molar-refractivity contribution >= 4 is 11.8 Å². The zero-order valence-corrected chi connectivity index (χ0v) is 14.7. The molecular formula is C19H22FN5O. The molecule has 1 aliphatic carbocycles. The second kappa shape index (κ2) is 6.90. The summed E-state index contributed by atoms with van der Waals surface area (Å²) >= 11 is 0. The van der Waals surface area contributed by atoms with Gasteiger partial charge in [0.1, 0.15) is 5.82 Å². The van der Waals surface area contributed by atoms with Gasteiger partial charge in [0, 0.05) is 38.3 Å². The molecule has 6 nitrogen and oxygen atoms in total. The Kier molecular flexibility index (Phi) is 4.44. The van der Waals surface area contributed by atoms with Crippen LogP contribution in [-0.2, 0) is 0 Å². The largest absolute Gasteiger partial charge is 0.353 e. The van der Waals surface area contributed by atoms with Gasteiger partial charge in [0.05, 0.1) is 6.04 Å². The van der Waals surface area contributed by atoms with Gasteiger partial charge >= 0.3 is 6.03 Å². The molecule has 26 heavy (non-hydrogen) atoms. The number of carbonyl (C=O) groups is 1. The minimum Gasteiger partial charge on any atom is -0.353 e. The van der Waals surface area contributed by atoms with Gasteiger partial charge in [-0.15, -0.1) is 5.10 Å². The lowest BCUT2D eigenvalue weighted by atomic mass is 10.1. The minimum atomic E-state index is -0.233. The Labute approximate surface area is 152 Å². The van der Waals surface area contributed by atoms with Crippen LogP contribution in [0.15, 0.2) is 42.6 Å². The van der Waals surface area contributed by atoms with Crippen LogP contribution in [0.3, 0.4) is 0 Å². The van der Waals surface area contributed by atoms with Gasteiger partial charge in [0.25, 0.3) is 0 Å². The van der Waals surface area contributed by atoms with Gasteiger partial charge in [0.15, 0.2) is 5.82 Å². The normalized spacial score (nSPS) is 24.4. The number of anilines is 1. The van der Waals surface area contributed by atoms with E-state index in [1.165, 1.54) is 12.1 Å². The first-order valence-corrected chi connectivity index (χ1v) is 8.93. The van der Waals surface area contributed by atoms with E-state index >= 15 is 0 Å². The molecule has 2 amide bonds. The number of urea groups is 1. The topological polar surface area (TPSA) is 61.4 Å². The predicted octanol–water partition coefficient (Wildman–Crippen LogP) is 2.39. The van der Waals surface area contributed by atoms with Crippen molar-refractivity contribution < 1.29 is 9.18 Å². The van der Waals surface area contributed by atoms with E-state index in [1.54, 1.807) is 23.2 Å². The second-order valence-corrected chi connectivity index (χ2v) is 7.03. The number of amides is 2. The molecule has 1 aliphatic heterocycles. The quantitative estimate of drug-likeness (QED) is 0.915. The molecule has 136 valence electrons. The van der Waals surface area contributed by atoms with Gasteiger partial charge in [-0.3, -0.25) is 0 Å². The first-order chi connectivity index (χ1) is 12.6. The highest BCUT2D eigenvalue weighted by Crippen LogP contribution is 2.40. The molecule has 4 rings (SSSR count). The molecule has 2 heterocycles. The van der Waals surface area contributed by atoms with Crippen LogP contribution in [0.25, 0.3) is 0 Å². The summed E-state index contributed by atoms with van der Waals surface area (Å²) < 4.78 is 13.0. The Hall–Kier alpha value is -2.70. The van der Waals surface area contributed by atoms with Crippen molar-refractivity contribution in [1.29, 1.82) is 0 Å². The first kappa shape index (κ1) is 16.8. The van der Waals surface area contributed by atoms with Gasteiger partial charge in [0.2, 0.25) is 0 Å². The third kappa shape index (κ3) is 3.47. The van der Waals surface area contributed by atoms with Gasteiger partial charge in [-0.25, -0.2) is 9.18 Å². The fourth-order valence-electron chi connectivity index (χ4n) is 3.59. The molecule has 1 aromatic heterocycles. The molecule has 1 N–H and O–H groups in total. The number of hydrogen-bond acceptors (Lipinski definition) is 4. The van der Waals surface area contributed by atoms with Gasteiger partial charge in [-0.2, -0.15) is 5.10 Å². The summed E-state index contributed by atoms with van der Waals surface area (Å²) in [5.74, 6) is 0.901. The molecule has 1 aromatic carbocycles. The number of benzene rings is 1. The van der Waals surface area contributed by atoms with Crippen molar-refractivity contribution in [2.75, 3.05) is 25.0 Å². The summed E-state index contributed by atoms with van der Waals surface area (Å²) in [5.41, 5.74) is 1.08. The number of hydrogen-bond donors (Lipinski definition) is 1. The Morgan fingerprint density at radius 1 is 1.31 bits per heavy atom. The number of rotatable bonds is 4. The van der Waals surface area contributed by atoms with E-state index < -0.39 is 0 Å². The highest BCUT2D eigenvalue weighted by Gasteiger charge is 2.41. The maximum atomic E-state index is 13.0. The maximum absolute atomic E-state index is 13.0. The van der Waals surface area contributed by atoms with E-state index in [0.29, 0.717) is 0 Å². The third-order valence-corrected chi connectivity index (χ3v) is 5.31. The standard InChI is InChI=1S/C19H22FN5O/c1-24(15-8-10-25(12-15)18-3-2-9-21-23-18)19(26)22-17-11-16(17)13-4-6-14(20)7-5-13/h2-7,9,15-17H,8,10-12H2,1H3,(H,22,26)/t15-,16-,17+/m0/s1. The van der Waals surface area contributed by atoms with Crippen LogP contribution >= 0.6 is 0 Å². The maximum Gasteiger partial charge on any atom is 0.317 e. The van der Waals surface area contributed by atoms with E-state index in [2.05, 4.69) is 20.4 Å². The highest BCUT2D eigenvalue weighted by atomic mass is 19.1. The first-order valence-electron chi connectivity index (χ1n) is 8.93. The van der Waals surface area contributed by atoms with E-state index in [0.717, 1.165) is 37.3 Å². The summed E-state index contributed by atoms with van der Waals surface area (Å²) in [6.07, 6.45) is 3.47. The summed E-state index contributed by atoms with van der Waals surface area (Å²) in [7, 11) is 1.84. The molecule has 3 atom stereocenters. The minimum absolute atomic E-state index is 0.0504.